The van der Waals surface area contributed by atoms with Gasteiger partial charge in [0, 0.05) is 17.8 Å². The zero-order chi connectivity index (χ0) is 13.1. The number of alkyl halides is 4. The van der Waals surface area contributed by atoms with E-state index >= 15 is 0 Å². The molecular weight excluding hydrogens is 255 g/mol. The summed E-state index contributed by atoms with van der Waals surface area (Å²) in [6.45, 7) is 1.73. The molecule has 1 rings (SSSR count). The molecule has 100 valence electrons. The van der Waals surface area contributed by atoms with Gasteiger partial charge in [-0.1, -0.05) is 6.42 Å². The number of rotatable bonds is 3. The Morgan fingerprint density at radius 2 is 2.12 bits per heavy atom. The topological polar surface area (TPSA) is 29.1 Å². The van der Waals surface area contributed by atoms with E-state index in [1.165, 1.54) is 0 Å². The monoisotopic (exact) mass is 271 g/mol. The lowest BCUT2D eigenvalue weighted by atomic mass is 9.80. The summed E-state index contributed by atoms with van der Waals surface area (Å²) in [6.07, 6.45) is -3.15. The summed E-state index contributed by atoms with van der Waals surface area (Å²) in [5.41, 5.74) is 0. The van der Waals surface area contributed by atoms with Crippen LogP contribution in [0, 0.1) is 11.8 Å². The van der Waals surface area contributed by atoms with E-state index in [0.29, 0.717) is 12.8 Å². The van der Waals surface area contributed by atoms with Gasteiger partial charge in [0.2, 0.25) is 5.91 Å². The van der Waals surface area contributed by atoms with Gasteiger partial charge in [-0.2, -0.15) is 13.2 Å². The van der Waals surface area contributed by atoms with E-state index in [1.807, 2.05) is 0 Å². The van der Waals surface area contributed by atoms with E-state index in [-0.39, 0.29) is 30.7 Å². The third kappa shape index (κ3) is 4.37. The molecule has 1 aliphatic rings. The molecule has 0 saturated heterocycles. The minimum Gasteiger partial charge on any atom is -0.352 e. The Kier molecular flexibility index (Phi) is 5.10. The SMILES string of the molecule is CC(CCl)NC(=O)C1CCCC(C(F)(F)F)C1. The highest BCUT2D eigenvalue weighted by Gasteiger charge is 2.43. The molecule has 0 aromatic heterocycles. The molecule has 0 heterocycles. The quantitative estimate of drug-likeness (QED) is 0.785. The zero-order valence-corrected chi connectivity index (χ0v) is 10.4. The molecule has 6 heteroatoms. The third-order valence-corrected chi connectivity index (χ3v) is 3.59. The van der Waals surface area contributed by atoms with Crippen LogP contribution in [0.5, 0.6) is 0 Å². The number of carbonyl (C=O) groups excluding carboxylic acids is 1. The molecule has 0 radical (unpaired) electrons. The molecule has 1 N–H and O–H groups in total. The van der Waals surface area contributed by atoms with Crippen LogP contribution >= 0.6 is 11.6 Å². The fourth-order valence-corrected chi connectivity index (χ4v) is 2.20. The molecule has 17 heavy (non-hydrogen) atoms. The van der Waals surface area contributed by atoms with Crippen LogP contribution in [0.4, 0.5) is 13.2 Å². The van der Waals surface area contributed by atoms with Crippen molar-refractivity contribution in [2.24, 2.45) is 11.8 Å². The van der Waals surface area contributed by atoms with E-state index < -0.39 is 18.0 Å². The lowest BCUT2D eigenvalue weighted by Gasteiger charge is -2.30. The largest absolute Gasteiger partial charge is 0.391 e. The Bertz CT molecular complexity index is 270. The maximum absolute atomic E-state index is 12.6. The predicted octanol–water partition coefficient (Wildman–Crippen LogP) is 3.10. The Balaban J connectivity index is 2.52. The average Bonchev–Trinajstić information content (AvgIpc) is 2.28. The van der Waals surface area contributed by atoms with Crippen molar-refractivity contribution in [2.45, 2.75) is 44.8 Å². The number of halogens is 4. The molecule has 0 aromatic rings. The second kappa shape index (κ2) is 5.94. The van der Waals surface area contributed by atoms with Crippen molar-refractivity contribution in [3.8, 4) is 0 Å². The summed E-state index contributed by atoms with van der Waals surface area (Å²) in [7, 11) is 0. The molecule has 1 fully saturated rings. The highest BCUT2D eigenvalue weighted by molar-refractivity contribution is 6.18. The van der Waals surface area contributed by atoms with Crippen molar-refractivity contribution in [3.05, 3.63) is 0 Å². The van der Waals surface area contributed by atoms with Crippen molar-refractivity contribution in [3.63, 3.8) is 0 Å². The first-order valence-electron chi connectivity index (χ1n) is 5.77. The summed E-state index contributed by atoms with van der Waals surface area (Å²) in [5.74, 6) is -1.90. The first kappa shape index (κ1) is 14.6. The Morgan fingerprint density at radius 1 is 1.47 bits per heavy atom. The van der Waals surface area contributed by atoms with Crippen LogP contribution in [0.1, 0.15) is 32.6 Å². The van der Waals surface area contributed by atoms with E-state index in [4.69, 9.17) is 11.6 Å². The lowest BCUT2D eigenvalue weighted by molar-refractivity contribution is -0.186. The molecule has 3 unspecified atom stereocenters. The van der Waals surface area contributed by atoms with Crippen LogP contribution in [0.2, 0.25) is 0 Å². The maximum Gasteiger partial charge on any atom is 0.391 e. The van der Waals surface area contributed by atoms with Crippen molar-refractivity contribution in [1.82, 2.24) is 5.32 Å². The summed E-state index contributed by atoms with van der Waals surface area (Å²) >= 11 is 5.54. The van der Waals surface area contributed by atoms with E-state index in [0.717, 1.165) is 0 Å². The fourth-order valence-electron chi connectivity index (χ4n) is 2.12. The van der Waals surface area contributed by atoms with Gasteiger partial charge in [-0.15, -0.1) is 11.6 Å². The van der Waals surface area contributed by atoms with Gasteiger partial charge in [0.15, 0.2) is 0 Å². The number of hydrogen-bond acceptors (Lipinski definition) is 1. The van der Waals surface area contributed by atoms with Gasteiger partial charge in [0.1, 0.15) is 0 Å². The minimum atomic E-state index is -4.18. The van der Waals surface area contributed by atoms with Gasteiger partial charge in [-0.3, -0.25) is 4.79 Å². The number of nitrogens with one attached hydrogen (secondary N) is 1. The normalized spacial score (nSPS) is 27.6. The predicted molar refractivity (Wildman–Crippen MR) is 59.8 cm³/mol. The molecule has 1 saturated carbocycles. The first-order chi connectivity index (χ1) is 7.84. The van der Waals surface area contributed by atoms with Crippen LogP contribution in [0.25, 0.3) is 0 Å². The van der Waals surface area contributed by atoms with Crippen molar-refractivity contribution in [2.75, 3.05) is 5.88 Å². The smallest absolute Gasteiger partial charge is 0.352 e. The molecular formula is C11H17ClF3NO. The van der Waals surface area contributed by atoms with Gasteiger partial charge in [0.05, 0.1) is 5.92 Å². The molecule has 0 bridgehead atoms. The van der Waals surface area contributed by atoms with Crippen molar-refractivity contribution >= 4 is 17.5 Å². The summed E-state index contributed by atoms with van der Waals surface area (Å²) < 4.78 is 37.7. The summed E-state index contributed by atoms with van der Waals surface area (Å²) in [4.78, 5) is 11.7. The van der Waals surface area contributed by atoms with E-state index in [9.17, 15) is 18.0 Å². The average molecular weight is 272 g/mol. The standard InChI is InChI=1S/C11H17ClF3NO/c1-7(6-12)16-10(17)8-3-2-4-9(5-8)11(13,14)15/h7-9H,2-6H2,1H3,(H,16,17). The number of hydrogen-bond donors (Lipinski definition) is 1. The lowest BCUT2D eigenvalue weighted by Crippen LogP contribution is -2.41. The Morgan fingerprint density at radius 3 is 2.65 bits per heavy atom. The van der Waals surface area contributed by atoms with Gasteiger partial charge < -0.3 is 5.32 Å². The van der Waals surface area contributed by atoms with E-state index in [1.54, 1.807) is 6.92 Å². The zero-order valence-electron chi connectivity index (χ0n) is 9.69. The molecule has 2 nitrogen and oxygen atoms in total. The highest BCUT2D eigenvalue weighted by Crippen LogP contribution is 2.39. The molecule has 0 aliphatic heterocycles. The maximum atomic E-state index is 12.6. The van der Waals surface area contributed by atoms with Crippen LogP contribution < -0.4 is 5.32 Å². The summed E-state index contributed by atoms with van der Waals surface area (Å²) in [5, 5.41) is 2.63. The minimum absolute atomic E-state index is 0.0929. The number of carbonyl (C=O) groups is 1. The van der Waals surface area contributed by atoms with Crippen LogP contribution in [0.15, 0.2) is 0 Å². The summed E-state index contributed by atoms with van der Waals surface area (Å²) in [6, 6.07) is -0.199. The second-order valence-electron chi connectivity index (χ2n) is 4.67. The Hall–Kier alpha value is -0.450. The molecule has 1 amide bonds. The molecule has 0 spiro atoms. The Labute approximate surface area is 104 Å². The second-order valence-corrected chi connectivity index (χ2v) is 4.97. The van der Waals surface area contributed by atoms with Crippen LogP contribution in [0.3, 0.4) is 0 Å². The van der Waals surface area contributed by atoms with Gasteiger partial charge >= 0.3 is 6.18 Å². The van der Waals surface area contributed by atoms with Crippen molar-refractivity contribution < 1.29 is 18.0 Å². The van der Waals surface area contributed by atoms with Crippen LogP contribution in [-0.4, -0.2) is 24.0 Å². The molecule has 3 atom stereocenters. The highest BCUT2D eigenvalue weighted by atomic mass is 35.5. The number of amides is 1. The van der Waals surface area contributed by atoms with Gasteiger partial charge in [-0.05, 0) is 26.2 Å². The third-order valence-electron chi connectivity index (χ3n) is 3.13. The van der Waals surface area contributed by atoms with Gasteiger partial charge in [-0.25, -0.2) is 0 Å². The van der Waals surface area contributed by atoms with Gasteiger partial charge in [0.25, 0.3) is 0 Å². The first-order valence-corrected chi connectivity index (χ1v) is 6.31. The fraction of sp³-hybridized carbons (Fsp3) is 0.909. The van der Waals surface area contributed by atoms with E-state index in [2.05, 4.69) is 5.32 Å². The molecule has 0 aromatic carbocycles. The van der Waals surface area contributed by atoms with Crippen molar-refractivity contribution in [1.29, 1.82) is 0 Å². The van der Waals surface area contributed by atoms with Crippen LogP contribution in [-0.2, 0) is 4.79 Å². The molecule has 1 aliphatic carbocycles.